The van der Waals surface area contributed by atoms with Gasteiger partial charge in [0.2, 0.25) is 17.7 Å². The van der Waals surface area contributed by atoms with Crippen molar-refractivity contribution < 1.29 is 19.5 Å². The number of aliphatic hydroxyl groups excluding tert-OH is 1. The molecule has 3 aromatic rings. The Morgan fingerprint density at radius 3 is 2.61 bits per heavy atom. The number of likely N-dealkylation sites (tertiary alicyclic amines) is 2. The molecule has 0 saturated carbocycles. The number of aryl methyl sites for hydroxylation is 1. The smallest absolute Gasteiger partial charge is 0.249 e. The van der Waals surface area contributed by atoms with Crippen molar-refractivity contribution in [3.63, 3.8) is 0 Å². The summed E-state index contributed by atoms with van der Waals surface area (Å²) in [6, 6.07) is 17.7. The predicted molar refractivity (Wildman–Crippen MR) is 158 cm³/mol. The van der Waals surface area contributed by atoms with Crippen LogP contribution in [0.2, 0.25) is 0 Å². The van der Waals surface area contributed by atoms with Gasteiger partial charge >= 0.3 is 0 Å². The van der Waals surface area contributed by atoms with Gasteiger partial charge in [-0.25, -0.2) is 0 Å². The van der Waals surface area contributed by atoms with Crippen LogP contribution in [0.3, 0.4) is 0 Å². The highest BCUT2D eigenvalue weighted by molar-refractivity contribution is 5.99. The molecule has 3 amide bonds. The Labute approximate surface area is 240 Å². The highest BCUT2D eigenvalue weighted by atomic mass is 16.3. The van der Waals surface area contributed by atoms with Gasteiger partial charge in [0.15, 0.2) is 0 Å². The molecule has 9 nitrogen and oxygen atoms in total. The third kappa shape index (κ3) is 6.92. The van der Waals surface area contributed by atoms with E-state index in [1.165, 1.54) is 0 Å². The molecule has 3 N–H and O–H groups in total. The second kappa shape index (κ2) is 12.8. The van der Waals surface area contributed by atoms with Gasteiger partial charge in [0, 0.05) is 18.0 Å². The van der Waals surface area contributed by atoms with Gasteiger partial charge in [-0.05, 0) is 69.3 Å². The van der Waals surface area contributed by atoms with Gasteiger partial charge < -0.3 is 20.6 Å². The van der Waals surface area contributed by atoms with Gasteiger partial charge in [-0.1, -0.05) is 55.5 Å². The first kappa shape index (κ1) is 28.7. The van der Waals surface area contributed by atoms with Gasteiger partial charge in [-0.2, -0.15) is 0 Å². The van der Waals surface area contributed by atoms with Crippen molar-refractivity contribution in [1.82, 2.24) is 20.1 Å². The molecule has 2 saturated heterocycles. The van der Waals surface area contributed by atoms with Crippen LogP contribution in [0.15, 0.2) is 66.9 Å². The average Bonchev–Trinajstić information content (AvgIpc) is 3.41. The summed E-state index contributed by atoms with van der Waals surface area (Å²) in [7, 11) is 1.95. The zero-order valence-corrected chi connectivity index (χ0v) is 23.7. The zero-order valence-electron chi connectivity index (χ0n) is 23.7. The maximum atomic E-state index is 13.9. The van der Waals surface area contributed by atoms with Gasteiger partial charge in [0.05, 0.1) is 23.4 Å². The number of amides is 3. The van der Waals surface area contributed by atoms with Crippen molar-refractivity contribution in [1.29, 1.82) is 0 Å². The lowest BCUT2D eigenvalue weighted by molar-refractivity contribution is -0.142. The summed E-state index contributed by atoms with van der Waals surface area (Å²) in [5.74, 6) is -0.490. The molecule has 9 heteroatoms. The first-order chi connectivity index (χ1) is 19.8. The number of aliphatic hydroxyl groups is 1. The fraction of sp³-hybridized carbons (Fsp3) is 0.438. The maximum Gasteiger partial charge on any atom is 0.249 e. The maximum absolute atomic E-state index is 13.9. The summed E-state index contributed by atoms with van der Waals surface area (Å²) < 4.78 is 0. The molecule has 0 aliphatic carbocycles. The van der Waals surface area contributed by atoms with Crippen LogP contribution in [0.25, 0.3) is 10.9 Å². The Kier molecular flexibility index (Phi) is 8.95. The lowest BCUT2D eigenvalue weighted by atomic mass is 9.92. The van der Waals surface area contributed by atoms with E-state index in [9.17, 15) is 19.5 Å². The number of aromatic nitrogens is 1. The summed E-state index contributed by atoms with van der Waals surface area (Å²) in [5.41, 5.74) is 2.42. The SMILES string of the molecule is C[C@@H]1CCN(C)[C@H](C(=O)N2C[C@H](NC(=O)[C@H](O)CCc3ccccc3)C[C@H]2C(=O)Nc2cnc3ccccc3c2)C1. The van der Waals surface area contributed by atoms with E-state index in [-0.39, 0.29) is 37.2 Å². The van der Waals surface area contributed by atoms with Crippen LogP contribution in [-0.4, -0.2) is 82.0 Å². The number of para-hydroxylation sites is 1. The number of anilines is 1. The number of nitrogens with zero attached hydrogens (tertiary/aromatic N) is 3. The molecular formula is C32H39N5O4. The third-order valence-electron chi connectivity index (χ3n) is 8.36. The molecule has 3 heterocycles. The van der Waals surface area contributed by atoms with E-state index < -0.39 is 24.1 Å². The fourth-order valence-corrected chi connectivity index (χ4v) is 5.91. The molecule has 2 aliphatic heterocycles. The Balaban J connectivity index is 1.29. The Bertz CT molecular complexity index is 1380. The second-order valence-electron chi connectivity index (χ2n) is 11.5. The number of nitrogens with one attached hydrogen (secondary N) is 2. The van der Waals surface area contributed by atoms with Gasteiger partial charge in [0.25, 0.3) is 0 Å². The summed E-state index contributed by atoms with van der Waals surface area (Å²) in [5, 5.41) is 17.3. The largest absolute Gasteiger partial charge is 0.383 e. The van der Waals surface area contributed by atoms with E-state index in [0.29, 0.717) is 18.0 Å². The molecule has 5 atom stereocenters. The standard InChI is InChI=1S/C32H39N5O4/c1-21-14-15-36(2)28(16-21)32(41)37-20-25(35-31(40)29(38)13-12-22-8-4-3-5-9-22)18-27(37)30(39)34-24-17-23-10-6-7-11-26(23)33-19-24/h3-11,17,19,21,25,27-29,38H,12-16,18,20H2,1-2H3,(H,34,39)(H,35,40)/t21-,25-,27+,28+,29-/m1/s1. The van der Waals surface area contributed by atoms with Crippen molar-refractivity contribution in [3.8, 4) is 0 Å². The van der Waals surface area contributed by atoms with Crippen molar-refractivity contribution in [3.05, 3.63) is 72.4 Å². The molecule has 1 aromatic heterocycles. The predicted octanol–water partition coefficient (Wildman–Crippen LogP) is 2.98. The van der Waals surface area contributed by atoms with E-state index >= 15 is 0 Å². The van der Waals surface area contributed by atoms with Gasteiger partial charge in [-0.15, -0.1) is 0 Å². The van der Waals surface area contributed by atoms with Crippen LogP contribution in [-0.2, 0) is 20.8 Å². The van der Waals surface area contributed by atoms with E-state index in [4.69, 9.17) is 0 Å². The minimum Gasteiger partial charge on any atom is -0.383 e. The lowest BCUT2D eigenvalue weighted by Crippen LogP contribution is -2.54. The number of benzene rings is 2. The molecule has 5 rings (SSSR count). The minimum atomic E-state index is -1.18. The molecular weight excluding hydrogens is 518 g/mol. The van der Waals surface area contributed by atoms with Crippen LogP contribution < -0.4 is 10.6 Å². The zero-order chi connectivity index (χ0) is 28.9. The Morgan fingerprint density at radius 2 is 1.80 bits per heavy atom. The van der Waals surface area contributed by atoms with E-state index in [0.717, 1.165) is 35.9 Å². The monoisotopic (exact) mass is 557 g/mol. The molecule has 2 aromatic carbocycles. The molecule has 41 heavy (non-hydrogen) atoms. The second-order valence-corrected chi connectivity index (χ2v) is 11.5. The quantitative estimate of drug-likeness (QED) is 0.392. The van der Waals surface area contributed by atoms with Crippen molar-refractivity contribution in [2.24, 2.45) is 5.92 Å². The van der Waals surface area contributed by atoms with Gasteiger partial charge in [-0.3, -0.25) is 24.3 Å². The highest BCUT2D eigenvalue weighted by Gasteiger charge is 2.44. The summed E-state index contributed by atoms with van der Waals surface area (Å²) in [6.45, 7) is 3.18. The molecule has 0 radical (unpaired) electrons. The van der Waals surface area contributed by atoms with Crippen LogP contribution in [0.1, 0.15) is 38.2 Å². The first-order valence-electron chi connectivity index (χ1n) is 14.5. The summed E-state index contributed by atoms with van der Waals surface area (Å²) >= 11 is 0. The summed E-state index contributed by atoms with van der Waals surface area (Å²) in [4.78, 5) is 48.5. The number of rotatable bonds is 8. The molecule has 0 bridgehead atoms. The molecule has 2 aliphatic rings. The van der Waals surface area contributed by atoms with E-state index in [1.54, 1.807) is 11.1 Å². The van der Waals surface area contributed by atoms with E-state index in [2.05, 4.69) is 27.4 Å². The molecule has 2 fully saturated rings. The van der Waals surface area contributed by atoms with Crippen LogP contribution in [0, 0.1) is 5.92 Å². The average molecular weight is 558 g/mol. The highest BCUT2D eigenvalue weighted by Crippen LogP contribution is 2.28. The number of fused-ring (bicyclic) bond motifs is 1. The Hall–Kier alpha value is -3.82. The number of pyridine rings is 1. The molecule has 216 valence electrons. The Morgan fingerprint density at radius 1 is 1.05 bits per heavy atom. The first-order valence-corrected chi connectivity index (χ1v) is 14.5. The number of hydrogen-bond acceptors (Lipinski definition) is 6. The minimum absolute atomic E-state index is 0.0998. The molecule has 0 spiro atoms. The number of carbonyl (C=O) groups is 3. The lowest BCUT2D eigenvalue weighted by Gasteiger charge is -2.38. The normalized spacial score (nSPS) is 23.7. The fourth-order valence-electron chi connectivity index (χ4n) is 5.91. The van der Waals surface area contributed by atoms with Crippen LogP contribution >= 0.6 is 0 Å². The van der Waals surface area contributed by atoms with Crippen LogP contribution in [0.4, 0.5) is 5.69 Å². The number of hydrogen-bond donors (Lipinski definition) is 3. The topological polar surface area (TPSA) is 115 Å². The molecule has 0 unspecified atom stereocenters. The number of piperidine rings is 1. The van der Waals surface area contributed by atoms with Crippen molar-refractivity contribution in [2.75, 3.05) is 25.5 Å². The van der Waals surface area contributed by atoms with E-state index in [1.807, 2.05) is 67.7 Å². The van der Waals surface area contributed by atoms with Crippen molar-refractivity contribution in [2.45, 2.75) is 63.3 Å². The summed E-state index contributed by atoms with van der Waals surface area (Å²) in [6.07, 6.45) is 3.31. The van der Waals surface area contributed by atoms with Crippen LogP contribution in [0.5, 0.6) is 0 Å². The van der Waals surface area contributed by atoms with Crippen molar-refractivity contribution >= 4 is 34.3 Å². The number of carbonyl (C=O) groups excluding carboxylic acids is 3. The van der Waals surface area contributed by atoms with Gasteiger partial charge in [0.1, 0.15) is 12.1 Å². The third-order valence-corrected chi connectivity index (χ3v) is 8.36. The number of likely N-dealkylation sites (N-methyl/N-ethyl adjacent to an activating group) is 1.